The Hall–Kier alpha value is -5.06. The molecule has 606 valence electrons. The number of allylic oxidation sites excluding steroid dienone is 24. The zero-order valence-corrected chi connectivity index (χ0v) is 68.1. The Balaban J connectivity index is 5.40. The van der Waals surface area contributed by atoms with Crippen molar-refractivity contribution in [1.29, 1.82) is 0 Å². The SMILES string of the molecule is CC/C=C\C/C=C\C/C=C\C/C=C\CCCCCCCCC(=O)OCC(COP(=O)(O)OCC(O)COP(=O)(O)OCC(COC(=O)CCCCCCCCC/C=C\C/C=C\C/C=C\CC)OC(=O)CCCCCCC/C=C\C/C=C\C/C=C\CC)OC(=O)CCCCCCC/C=C\C/C=C\CCCCC. The van der Waals surface area contributed by atoms with Gasteiger partial charge in [-0.2, -0.15) is 0 Å². The number of ether oxygens (including phenoxy) is 4. The van der Waals surface area contributed by atoms with Gasteiger partial charge in [-0.1, -0.05) is 283 Å². The molecule has 0 saturated heterocycles. The van der Waals surface area contributed by atoms with Gasteiger partial charge in [0.2, 0.25) is 0 Å². The predicted molar refractivity (Wildman–Crippen MR) is 436 cm³/mol. The highest BCUT2D eigenvalue weighted by atomic mass is 31.2. The minimum atomic E-state index is -4.99. The lowest BCUT2D eigenvalue weighted by Crippen LogP contribution is -2.30. The first-order chi connectivity index (χ1) is 51.7. The summed E-state index contributed by atoms with van der Waals surface area (Å²) >= 11 is 0. The molecule has 0 aliphatic heterocycles. The molecule has 19 heteroatoms. The first-order valence-corrected chi connectivity index (χ1v) is 44.1. The van der Waals surface area contributed by atoms with E-state index in [4.69, 9.17) is 37.0 Å². The lowest BCUT2D eigenvalue weighted by atomic mass is 10.1. The topological polar surface area (TPSA) is 237 Å². The molecular weight excluding hydrogens is 1380 g/mol. The third kappa shape index (κ3) is 77.1. The summed E-state index contributed by atoms with van der Waals surface area (Å²) in [6, 6.07) is 0. The standard InChI is InChI=1S/C87H146O17P2/c1-5-9-13-17-21-25-29-33-37-39-40-42-46-48-52-56-60-64-68-72-85(90)98-78-83(104-87(92)74-70-66-62-58-54-50-44-36-32-28-24-20-16-12-8-4)80-102-106(95,96)100-76-81(88)75-99-105(93,94)101-79-82(103-86(91)73-69-65-61-57-53-49-43-35-31-27-23-19-15-11-7-3)77-97-84(89)71-67-63-59-55-51-47-45-41-38-34-30-26-22-18-14-10-6-2/h9-11,13-15,21-28,33-38,40,42-44,81-83,88H,5-8,12,16-20,29-32,39,41,45-80H2,1-4H3,(H,93,94)(H,95,96)/b13-9-,14-10-,15-11-,25-21-,26-22-,27-23-,28-24-,37-33-,38-34-,42-40-,43-35-,44-36-. The molecule has 5 atom stereocenters. The molecule has 0 bridgehead atoms. The fourth-order valence-corrected chi connectivity index (χ4v) is 12.2. The van der Waals surface area contributed by atoms with Crippen LogP contribution in [0, 0.1) is 0 Å². The minimum Gasteiger partial charge on any atom is -0.462 e. The van der Waals surface area contributed by atoms with Crippen LogP contribution in [0.4, 0.5) is 0 Å². The molecule has 0 spiro atoms. The summed E-state index contributed by atoms with van der Waals surface area (Å²) in [5, 5.41) is 10.7. The molecule has 0 rings (SSSR count). The third-order valence-corrected chi connectivity index (χ3v) is 18.7. The van der Waals surface area contributed by atoms with E-state index in [-0.39, 0.29) is 25.7 Å². The van der Waals surface area contributed by atoms with Crippen LogP contribution in [-0.4, -0.2) is 96.7 Å². The third-order valence-electron chi connectivity index (χ3n) is 16.8. The smallest absolute Gasteiger partial charge is 0.462 e. The minimum absolute atomic E-state index is 0.0693. The van der Waals surface area contributed by atoms with Crippen molar-refractivity contribution in [3.05, 3.63) is 146 Å². The molecule has 0 aromatic rings. The van der Waals surface area contributed by atoms with Crippen LogP contribution in [0.15, 0.2) is 146 Å². The maximum atomic E-state index is 13.1. The van der Waals surface area contributed by atoms with Crippen molar-refractivity contribution in [3.63, 3.8) is 0 Å². The Morgan fingerprint density at radius 3 is 0.755 bits per heavy atom. The van der Waals surface area contributed by atoms with Crippen molar-refractivity contribution in [3.8, 4) is 0 Å². The van der Waals surface area contributed by atoms with Gasteiger partial charge in [-0.3, -0.25) is 37.3 Å². The normalized spacial score (nSPS) is 14.6. The van der Waals surface area contributed by atoms with E-state index in [1.165, 1.54) is 19.3 Å². The zero-order chi connectivity index (χ0) is 77.4. The number of esters is 4. The number of phosphoric ester groups is 2. The van der Waals surface area contributed by atoms with Crippen LogP contribution >= 0.6 is 15.6 Å². The fourth-order valence-electron chi connectivity index (χ4n) is 10.6. The number of unbranched alkanes of at least 4 members (excludes halogenated alkanes) is 26. The quantitative estimate of drug-likeness (QED) is 0.0169. The molecule has 0 fully saturated rings. The highest BCUT2D eigenvalue weighted by Gasteiger charge is 2.30. The Labute approximate surface area is 643 Å². The Morgan fingerprint density at radius 2 is 0.491 bits per heavy atom. The summed E-state index contributed by atoms with van der Waals surface area (Å²) in [6.07, 6.45) is 89.5. The van der Waals surface area contributed by atoms with Gasteiger partial charge < -0.3 is 33.8 Å². The monoisotopic (exact) mass is 1530 g/mol. The van der Waals surface area contributed by atoms with Crippen LogP contribution < -0.4 is 0 Å². The average Bonchev–Trinajstić information content (AvgIpc) is 0.909. The van der Waals surface area contributed by atoms with Crippen molar-refractivity contribution in [1.82, 2.24) is 0 Å². The second-order valence-electron chi connectivity index (χ2n) is 26.9. The molecule has 0 heterocycles. The van der Waals surface area contributed by atoms with E-state index >= 15 is 0 Å². The van der Waals surface area contributed by atoms with E-state index < -0.39 is 97.5 Å². The first-order valence-electron chi connectivity index (χ1n) is 41.1. The lowest BCUT2D eigenvalue weighted by Gasteiger charge is -2.21. The summed E-state index contributed by atoms with van der Waals surface area (Å²) in [4.78, 5) is 73.2. The number of rotatable bonds is 76. The highest BCUT2D eigenvalue weighted by molar-refractivity contribution is 7.47. The molecule has 17 nitrogen and oxygen atoms in total. The van der Waals surface area contributed by atoms with Gasteiger partial charge in [-0.15, -0.1) is 0 Å². The molecular formula is C87H146O17P2. The number of aliphatic hydroxyl groups is 1. The van der Waals surface area contributed by atoms with Crippen LogP contribution in [0.3, 0.4) is 0 Å². The number of hydrogen-bond acceptors (Lipinski definition) is 15. The molecule has 0 aromatic carbocycles. The lowest BCUT2D eigenvalue weighted by molar-refractivity contribution is -0.161. The van der Waals surface area contributed by atoms with Crippen molar-refractivity contribution in [2.45, 2.75) is 341 Å². The highest BCUT2D eigenvalue weighted by Crippen LogP contribution is 2.45. The molecule has 0 amide bonds. The van der Waals surface area contributed by atoms with Crippen LogP contribution in [0.25, 0.3) is 0 Å². The number of carbonyl (C=O) groups is 4. The van der Waals surface area contributed by atoms with Crippen molar-refractivity contribution < 1.29 is 80.2 Å². The molecule has 106 heavy (non-hydrogen) atoms. The van der Waals surface area contributed by atoms with E-state index in [9.17, 15) is 43.2 Å². The van der Waals surface area contributed by atoms with Gasteiger partial charge >= 0.3 is 39.5 Å². The molecule has 0 aromatic heterocycles. The van der Waals surface area contributed by atoms with E-state index in [1.807, 2.05) is 0 Å². The molecule has 0 radical (unpaired) electrons. The second-order valence-corrected chi connectivity index (χ2v) is 29.8. The van der Waals surface area contributed by atoms with E-state index in [1.54, 1.807) is 0 Å². The van der Waals surface area contributed by atoms with Gasteiger partial charge in [-0.05, 0) is 161 Å². The largest absolute Gasteiger partial charge is 0.472 e. The molecule has 5 unspecified atom stereocenters. The maximum Gasteiger partial charge on any atom is 0.472 e. The summed E-state index contributed by atoms with van der Waals surface area (Å²) in [5.41, 5.74) is 0. The number of phosphoric acid groups is 2. The fraction of sp³-hybridized carbons (Fsp3) is 0.678. The summed E-state index contributed by atoms with van der Waals surface area (Å²) in [6.45, 7) is 4.47. The van der Waals surface area contributed by atoms with Crippen LogP contribution in [0.1, 0.15) is 323 Å². The van der Waals surface area contributed by atoms with E-state index in [0.29, 0.717) is 25.7 Å². The second kappa shape index (κ2) is 78.1. The molecule has 3 N–H and O–H groups in total. The first kappa shape index (κ1) is 101. The van der Waals surface area contributed by atoms with Gasteiger partial charge in [0.15, 0.2) is 12.2 Å². The van der Waals surface area contributed by atoms with Crippen molar-refractivity contribution in [2.24, 2.45) is 0 Å². The molecule has 0 saturated carbocycles. The zero-order valence-electron chi connectivity index (χ0n) is 66.3. The van der Waals surface area contributed by atoms with Gasteiger partial charge in [0.25, 0.3) is 0 Å². The molecule has 0 aliphatic rings. The van der Waals surface area contributed by atoms with Gasteiger partial charge in [-0.25, -0.2) is 9.13 Å². The summed E-state index contributed by atoms with van der Waals surface area (Å²) in [5.74, 6) is -2.23. The Kier molecular flexibility index (Phi) is 74.3. The maximum absolute atomic E-state index is 13.1. The van der Waals surface area contributed by atoms with Crippen molar-refractivity contribution >= 4 is 39.5 Å². The number of carbonyl (C=O) groups excluding carboxylic acids is 4. The van der Waals surface area contributed by atoms with Crippen LogP contribution in [0.5, 0.6) is 0 Å². The number of aliphatic hydroxyl groups excluding tert-OH is 1. The van der Waals surface area contributed by atoms with Gasteiger partial charge in [0, 0.05) is 25.7 Å². The van der Waals surface area contributed by atoms with Gasteiger partial charge in [0.1, 0.15) is 19.3 Å². The average molecular weight is 1530 g/mol. The number of hydrogen-bond donors (Lipinski definition) is 3. The van der Waals surface area contributed by atoms with E-state index in [2.05, 4.69) is 174 Å². The Morgan fingerprint density at radius 1 is 0.274 bits per heavy atom. The van der Waals surface area contributed by atoms with E-state index in [0.717, 1.165) is 225 Å². The Bertz CT molecular complexity index is 2580. The predicted octanol–water partition coefficient (Wildman–Crippen LogP) is 24.2. The van der Waals surface area contributed by atoms with Gasteiger partial charge in [0.05, 0.1) is 26.4 Å². The summed E-state index contributed by atoms with van der Waals surface area (Å²) < 4.78 is 68.7. The molecule has 0 aliphatic carbocycles. The van der Waals surface area contributed by atoms with Crippen LogP contribution in [0.2, 0.25) is 0 Å². The van der Waals surface area contributed by atoms with Crippen molar-refractivity contribution in [2.75, 3.05) is 39.6 Å². The van der Waals surface area contributed by atoms with Crippen LogP contribution in [-0.2, 0) is 65.4 Å². The summed E-state index contributed by atoms with van der Waals surface area (Å²) in [7, 11) is -9.98.